The minimum Gasteiger partial charge on any atom is -0.699 e. The monoisotopic (exact) mass is 148 g/mol. The van der Waals surface area contributed by atoms with Gasteiger partial charge in [0.2, 0.25) is 0 Å². The molecule has 0 unspecified atom stereocenters. The molecule has 3 heteroatoms. The van der Waals surface area contributed by atoms with E-state index in [0.717, 1.165) is 0 Å². The number of carbonyl (C=O) groups is 2. The van der Waals surface area contributed by atoms with Gasteiger partial charge in [0.25, 0.3) is 0 Å². The fraction of sp³-hybridized carbons (Fsp3) is 0. The van der Waals surface area contributed by atoms with Gasteiger partial charge in [-0.15, -0.1) is 5.69 Å². The van der Waals surface area contributed by atoms with Gasteiger partial charge < -0.3 is 5.73 Å². The highest BCUT2D eigenvalue weighted by Gasteiger charge is 1.92. The number of hydrogen-bond acceptors (Lipinski definition) is 2. The summed E-state index contributed by atoms with van der Waals surface area (Å²) in [6, 6.07) is 4.25. The predicted octanol–water partition coefficient (Wildman–Crippen LogP) is 2.00. The van der Waals surface area contributed by atoms with Gasteiger partial charge in [-0.2, -0.15) is 0 Å². The van der Waals surface area contributed by atoms with E-state index >= 15 is 0 Å². The summed E-state index contributed by atoms with van der Waals surface area (Å²) in [5.41, 5.74) is 8.06. The van der Waals surface area contributed by atoms with Crippen LogP contribution in [0.3, 0.4) is 0 Å². The Morgan fingerprint density at radius 2 is 1.45 bits per heavy atom. The molecule has 1 N–H and O–H groups in total. The number of rotatable bonds is 2. The zero-order valence-corrected chi connectivity index (χ0v) is 5.70. The molecule has 0 heterocycles. The minimum absolute atomic E-state index is 0.178. The molecule has 0 aliphatic carbocycles. The van der Waals surface area contributed by atoms with Gasteiger partial charge in [0.1, 0.15) is 12.6 Å². The standard InChI is InChI=1S/C8H6NO2/c9-8-2-6(4-10)1-7(3-8)5-11/h1-5,9H/q-1. The summed E-state index contributed by atoms with van der Waals surface area (Å²) in [5.74, 6) is 0. The number of aldehydes is 2. The van der Waals surface area contributed by atoms with Crippen LogP contribution in [0.1, 0.15) is 20.7 Å². The first-order chi connectivity index (χ1) is 5.26. The Labute approximate surface area is 63.8 Å². The highest BCUT2D eigenvalue weighted by molar-refractivity contribution is 5.84. The summed E-state index contributed by atoms with van der Waals surface area (Å²) in [7, 11) is 0. The van der Waals surface area contributed by atoms with Gasteiger partial charge in [0, 0.05) is 11.1 Å². The number of benzene rings is 1. The van der Waals surface area contributed by atoms with Crippen molar-refractivity contribution in [2.24, 2.45) is 0 Å². The molecule has 0 aliphatic heterocycles. The topological polar surface area (TPSA) is 57.9 Å². The first-order valence-corrected chi connectivity index (χ1v) is 3.03. The molecule has 1 aromatic carbocycles. The summed E-state index contributed by atoms with van der Waals surface area (Å²) in [6.07, 6.45) is 1.23. The smallest absolute Gasteiger partial charge is 0.150 e. The van der Waals surface area contributed by atoms with Gasteiger partial charge in [-0.1, -0.05) is 12.1 Å². The molecule has 0 fully saturated rings. The average molecular weight is 148 g/mol. The molecule has 0 aromatic heterocycles. The van der Waals surface area contributed by atoms with Gasteiger partial charge in [0.15, 0.2) is 0 Å². The highest BCUT2D eigenvalue weighted by Crippen LogP contribution is 2.13. The molecule has 0 amide bonds. The zero-order valence-electron chi connectivity index (χ0n) is 5.70. The van der Waals surface area contributed by atoms with Crippen molar-refractivity contribution in [3.05, 3.63) is 35.1 Å². The van der Waals surface area contributed by atoms with Crippen molar-refractivity contribution in [1.29, 1.82) is 0 Å². The molecule has 1 rings (SSSR count). The third-order valence-corrected chi connectivity index (χ3v) is 1.25. The third-order valence-electron chi connectivity index (χ3n) is 1.25. The van der Waals surface area contributed by atoms with Crippen molar-refractivity contribution in [3.8, 4) is 0 Å². The van der Waals surface area contributed by atoms with E-state index in [1.165, 1.54) is 18.2 Å². The van der Waals surface area contributed by atoms with Crippen molar-refractivity contribution >= 4 is 18.3 Å². The van der Waals surface area contributed by atoms with Gasteiger partial charge >= 0.3 is 0 Å². The fourth-order valence-corrected chi connectivity index (χ4v) is 0.813. The van der Waals surface area contributed by atoms with E-state index in [9.17, 15) is 9.59 Å². The van der Waals surface area contributed by atoms with Crippen LogP contribution in [-0.4, -0.2) is 12.6 Å². The van der Waals surface area contributed by atoms with Crippen LogP contribution in [0.2, 0.25) is 0 Å². The molecule has 0 atom stereocenters. The maximum absolute atomic E-state index is 10.2. The van der Waals surface area contributed by atoms with Crippen LogP contribution in [0.5, 0.6) is 0 Å². The molecule has 0 saturated heterocycles. The quantitative estimate of drug-likeness (QED) is 0.602. The van der Waals surface area contributed by atoms with E-state index in [2.05, 4.69) is 0 Å². The Hall–Kier alpha value is -1.64. The third kappa shape index (κ3) is 1.64. The molecule has 11 heavy (non-hydrogen) atoms. The largest absolute Gasteiger partial charge is 0.699 e. The van der Waals surface area contributed by atoms with Crippen molar-refractivity contribution in [2.75, 3.05) is 0 Å². The average Bonchev–Trinajstić information content (AvgIpc) is 2.03. The van der Waals surface area contributed by atoms with E-state index in [1.54, 1.807) is 0 Å². The van der Waals surface area contributed by atoms with E-state index in [1.807, 2.05) is 0 Å². The molecule has 0 spiro atoms. The lowest BCUT2D eigenvalue weighted by Gasteiger charge is -2.03. The molecule has 56 valence electrons. The van der Waals surface area contributed by atoms with E-state index in [-0.39, 0.29) is 5.69 Å². The molecule has 1 aromatic rings. The summed E-state index contributed by atoms with van der Waals surface area (Å²) in [6.45, 7) is 0. The zero-order chi connectivity index (χ0) is 8.27. The first-order valence-electron chi connectivity index (χ1n) is 3.03. The molecular formula is C8H6NO2-. The Bertz CT molecular complexity index is 268. The number of carbonyl (C=O) groups excluding carboxylic acids is 2. The lowest BCUT2D eigenvalue weighted by Crippen LogP contribution is -1.83. The maximum atomic E-state index is 10.2. The second kappa shape index (κ2) is 2.96. The molecule has 0 radical (unpaired) electrons. The van der Waals surface area contributed by atoms with E-state index in [0.29, 0.717) is 23.7 Å². The SMILES string of the molecule is [NH-]c1cc(C=O)cc(C=O)c1. The van der Waals surface area contributed by atoms with Gasteiger partial charge in [-0.3, -0.25) is 9.59 Å². The van der Waals surface area contributed by atoms with Crippen LogP contribution in [0.4, 0.5) is 5.69 Å². The van der Waals surface area contributed by atoms with Crippen LogP contribution < -0.4 is 0 Å². The fourth-order valence-electron chi connectivity index (χ4n) is 0.813. The van der Waals surface area contributed by atoms with Crippen LogP contribution in [0, 0.1) is 0 Å². The summed E-state index contributed by atoms with van der Waals surface area (Å²) in [4.78, 5) is 20.5. The summed E-state index contributed by atoms with van der Waals surface area (Å²) < 4.78 is 0. The van der Waals surface area contributed by atoms with Crippen molar-refractivity contribution in [1.82, 2.24) is 0 Å². The number of nitrogens with one attached hydrogen (secondary N) is 1. The van der Waals surface area contributed by atoms with Crippen molar-refractivity contribution in [2.45, 2.75) is 0 Å². The summed E-state index contributed by atoms with van der Waals surface area (Å²) >= 11 is 0. The molecule has 0 aliphatic rings. The minimum atomic E-state index is 0.178. The second-order valence-corrected chi connectivity index (χ2v) is 2.12. The van der Waals surface area contributed by atoms with E-state index in [4.69, 9.17) is 5.73 Å². The molecule has 0 bridgehead atoms. The second-order valence-electron chi connectivity index (χ2n) is 2.12. The summed E-state index contributed by atoms with van der Waals surface area (Å²) in [5, 5.41) is 0. The highest BCUT2D eigenvalue weighted by atomic mass is 16.1. The normalized spacial score (nSPS) is 9.09. The Kier molecular flexibility index (Phi) is 2.01. The Morgan fingerprint density at radius 3 is 1.82 bits per heavy atom. The number of hydrogen-bond donors (Lipinski definition) is 0. The predicted molar refractivity (Wildman–Crippen MR) is 41.2 cm³/mol. The van der Waals surface area contributed by atoms with Crippen molar-refractivity contribution in [3.63, 3.8) is 0 Å². The van der Waals surface area contributed by atoms with E-state index < -0.39 is 0 Å². The van der Waals surface area contributed by atoms with Gasteiger partial charge in [0.05, 0.1) is 0 Å². The van der Waals surface area contributed by atoms with Crippen molar-refractivity contribution < 1.29 is 9.59 Å². The first kappa shape index (κ1) is 7.47. The van der Waals surface area contributed by atoms with Crippen LogP contribution >= 0.6 is 0 Å². The van der Waals surface area contributed by atoms with Crippen LogP contribution in [0.15, 0.2) is 18.2 Å². The lowest BCUT2D eigenvalue weighted by atomic mass is 10.1. The van der Waals surface area contributed by atoms with Gasteiger partial charge in [-0.25, -0.2) is 0 Å². The lowest BCUT2D eigenvalue weighted by molar-refractivity contribution is 0.112. The van der Waals surface area contributed by atoms with Gasteiger partial charge in [-0.05, 0) is 6.07 Å². The van der Waals surface area contributed by atoms with Crippen LogP contribution in [0.25, 0.3) is 5.73 Å². The van der Waals surface area contributed by atoms with Crippen LogP contribution in [-0.2, 0) is 0 Å². The Balaban J connectivity index is 3.21. The molecule has 0 saturated carbocycles. The maximum Gasteiger partial charge on any atom is 0.150 e. The Morgan fingerprint density at radius 1 is 1.00 bits per heavy atom. The molecule has 3 nitrogen and oxygen atoms in total. The molecular weight excluding hydrogens is 142 g/mol.